The number of sulfone groups is 1. The molecule has 8 nitrogen and oxygen atoms in total. The molecular weight excluding hydrogens is 302 g/mol. The second kappa shape index (κ2) is 4.69. The summed E-state index contributed by atoms with van der Waals surface area (Å²) >= 11 is 0. The fraction of sp³-hybridized carbons (Fsp3) is 0.750. The minimum atomic E-state index is -3.89. The largest absolute Gasteiger partial charge is 0.480 e. The zero-order valence-electron chi connectivity index (χ0n) is 11.9. The van der Waals surface area contributed by atoms with Crippen molar-refractivity contribution in [2.75, 3.05) is 6.61 Å². The van der Waals surface area contributed by atoms with Gasteiger partial charge in [-0.3, -0.25) is 9.59 Å². The number of ether oxygens (including phenoxy) is 1. The summed E-state index contributed by atoms with van der Waals surface area (Å²) in [4.78, 5) is 35.7. The van der Waals surface area contributed by atoms with Crippen molar-refractivity contribution in [2.24, 2.45) is 5.92 Å². The van der Waals surface area contributed by atoms with E-state index in [0.717, 1.165) is 4.90 Å². The molecule has 0 spiro atoms. The standard InChI is InChI=1S/C12H17NO7S/c1-4-20-7(14)5-6-9(15)13-8(11(16)17)12(2,3)21(18,19)10(6)13/h6,8,10H,4-5H2,1-3H3,(H,16,17)/t6-,8+,10-/m1/s1. The van der Waals surface area contributed by atoms with Gasteiger partial charge < -0.3 is 14.7 Å². The number of hydrogen-bond acceptors (Lipinski definition) is 6. The Hall–Kier alpha value is -1.64. The Kier molecular flexibility index (Phi) is 3.51. The molecule has 2 rings (SSSR count). The van der Waals surface area contributed by atoms with E-state index in [1.165, 1.54) is 13.8 Å². The molecule has 2 aliphatic heterocycles. The summed E-state index contributed by atoms with van der Waals surface area (Å²) in [6.45, 7) is 4.30. The Bertz CT molecular complexity index is 609. The summed E-state index contributed by atoms with van der Waals surface area (Å²) in [6, 6.07) is -1.43. The first-order valence-electron chi connectivity index (χ1n) is 6.51. The van der Waals surface area contributed by atoms with E-state index in [2.05, 4.69) is 0 Å². The number of β-lactam (4-membered cyclic amide) rings is 1. The van der Waals surface area contributed by atoms with Crippen molar-refractivity contribution in [1.29, 1.82) is 0 Å². The van der Waals surface area contributed by atoms with Crippen LogP contribution < -0.4 is 0 Å². The molecule has 2 saturated heterocycles. The lowest BCUT2D eigenvalue weighted by atomic mass is 9.89. The number of fused-ring (bicyclic) bond motifs is 1. The molecule has 0 unspecified atom stereocenters. The van der Waals surface area contributed by atoms with E-state index in [-0.39, 0.29) is 13.0 Å². The van der Waals surface area contributed by atoms with Crippen LogP contribution >= 0.6 is 0 Å². The molecule has 0 aromatic carbocycles. The van der Waals surface area contributed by atoms with Crippen LogP contribution in [0.3, 0.4) is 0 Å². The first kappa shape index (κ1) is 15.7. The van der Waals surface area contributed by atoms with E-state index in [9.17, 15) is 27.9 Å². The minimum absolute atomic E-state index is 0.129. The van der Waals surface area contributed by atoms with Crippen molar-refractivity contribution >= 4 is 27.7 Å². The molecule has 0 saturated carbocycles. The highest BCUT2D eigenvalue weighted by atomic mass is 32.2. The molecule has 1 amide bonds. The number of esters is 1. The summed E-state index contributed by atoms with van der Waals surface area (Å²) in [7, 11) is -3.89. The number of carbonyl (C=O) groups is 3. The number of nitrogens with zero attached hydrogens (tertiary/aromatic N) is 1. The van der Waals surface area contributed by atoms with Gasteiger partial charge in [-0.25, -0.2) is 13.2 Å². The van der Waals surface area contributed by atoms with Gasteiger partial charge >= 0.3 is 11.9 Å². The van der Waals surface area contributed by atoms with Crippen LogP contribution in [-0.2, 0) is 29.0 Å². The van der Waals surface area contributed by atoms with Crippen molar-refractivity contribution in [2.45, 2.75) is 43.4 Å². The lowest BCUT2D eigenvalue weighted by Crippen LogP contribution is -2.63. The maximum Gasteiger partial charge on any atom is 0.328 e. The molecule has 0 aromatic rings. The van der Waals surface area contributed by atoms with Crippen LogP contribution in [0, 0.1) is 5.92 Å². The molecule has 3 atom stereocenters. The van der Waals surface area contributed by atoms with Crippen LogP contribution in [0.4, 0.5) is 0 Å². The first-order valence-corrected chi connectivity index (χ1v) is 8.06. The zero-order valence-corrected chi connectivity index (χ0v) is 12.7. The Morgan fingerprint density at radius 3 is 2.43 bits per heavy atom. The van der Waals surface area contributed by atoms with Gasteiger partial charge in [0.25, 0.3) is 0 Å². The van der Waals surface area contributed by atoms with Crippen LogP contribution in [0.15, 0.2) is 0 Å². The molecule has 2 heterocycles. The second-order valence-corrected chi connectivity index (χ2v) is 8.27. The van der Waals surface area contributed by atoms with Crippen molar-refractivity contribution < 1.29 is 32.6 Å². The van der Waals surface area contributed by atoms with Gasteiger partial charge in [0, 0.05) is 0 Å². The topological polar surface area (TPSA) is 118 Å². The number of aliphatic carboxylic acids is 1. The molecule has 2 aliphatic rings. The van der Waals surface area contributed by atoms with E-state index >= 15 is 0 Å². The predicted molar refractivity (Wildman–Crippen MR) is 69.8 cm³/mol. The van der Waals surface area contributed by atoms with Crippen molar-refractivity contribution in [3.63, 3.8) is 0 Å². The highest BCUT2D eigenvalue weighted by Crippen LogP contribution is 2.49. The van der Waals surface area contributed by atoms with Gasteiger partial charge in [-0.15, -0.1) is 0 Å². The Labute approximate surface area is 122 Å². The Balaban J connectivity index is 2.35. The summed E-state index contributed by atoms with van der Waals surface area (Å²) in [5, 5.41) is 7.96. The van der Waals surface area contributed by atoms with Gasteiger partial charge in [-0.05, 0) is 20.8 Å². The van der Waals surface area contributed by atoms with Gasteiger partial charge in [0.15, 0.2) is 9.84 Å². The van der Waals surface area contributed by atoms with Crippen molar-refractivity contribution in [1.82, 2.24) is 4.90 Å². The van der Waals surface area contributed by atoms with Gasteiger partial charge in [0.05, 0.1) is 23.7 Å². The van der Waals surface area contributed by atoms with Gasteiger partial charge in [-0.2, -0.15) is 0 Å². The number of rotatable bonds is 4. The molecular formula is C12H17NO7S. The summed E-state index contributed by atoms with van der Waals surface area (Å²) < 4.78 is 28.1. The Morgan fingerprint density at radius 2 is 1.95 bits per heavy atom. The highest BCUT2D eigenvalue weighted by molar-refractivity contribution is 7.93. The van der Waals surface area contributed by atoms with Crippen LogP contribution in [0.1, 0.15) is 27.2 Å². The number of carbonyl (C=O) groups excluding carboxylic acids is 2. The maximum atomic E-state index is 12.5. The number of amides is 1. The van der Waals surface area contributed by atoms with E-state index < -0.39 is 49.8 Å². The van der Waals surface area contributed by atoms with Crippen LogP contribution in [0.25, 0.3) is 0 Å². The van der Waals surface area contributed by atoms with Gasteiger partial charge in [0.1, 0.15) is 11.4 Å². The first-order chi connectivity index (χ1) is 9.57. The van der Waals surface area contributed by atoms with Crippen molar-refractivity contribution in [3.05, 3.63) is 0 Å². The highest BCUT2D eigenvalue weighted by Gasteiger charge is 2.72. The predicted octanol–water partition coefficient (Wildman–Crippen LogP) is -0.616. The van der Waals surface area contributed by atoms with Crippen LogP contribution in [0.5, 0.6) is 0 Å². The maximum absolute atomic E-state index is 12.5. The minimum Gasteiger partial charge on any atom is -0.480 e. The zero-order chi connectivity index (χ0) is 16.2. The SMILES string of the molecule is CCOC(=O)C[C@@H]1C(=O)N2[C@@H](C(=O)O)C(C)(C)S(=O)(=O)[C@H]12. The molecule has 0 aliphatic carbocycles. The molecule has 1 N–H and O–H groups in total. The van der Waals surface area contributed by atoms with E-state index in [4.69, 9.17) is 4.74 Å². The van der Waals surface area contributed by atoms with Gasteiger partial charge in [0.2, 0.25) is 5.91 Å². The monoisotopic (exact) mass is 319 g/mol. The fourth-order valence-corrected chi connectivity index (χ4v) is 5.31. The summed E-state index contributed by atoms with van der Waals surface area (Å²) in [5.74, 6) is -3.72. The van der Waals surface area contributed by atoms with Crippen LogP contribution in [0.2, 0.25) is 0 Å². The summed E-state index contributed by atoms with van der Waals surface area (Å²) in [5.41, 5.74) is 0. The molecule has 9 heteroatoms. The fourth-order valence-electron chi connectivity index (χ4n) is 3.00. The lowest BCUT2D eigenvalue weighted by Gasteiger charge is -2.42. The third-order valence-corrected chi connectivity index (χ3v) is 6.99. The Morgan fingerprint density at radius 1 is 1.38 bits per heavy atom. The quantitative estimate of drug-likeness (QED) is 0.542. The molecule has 0 radical (unpaired) electrons. The van der Waals surface area contributed by atoms with Crippen molar-refractivity contribution in [3.8, 4) is 0 Å². The van der Waals surface area contributed by atoms with E-state index in [1.807, 2.05) is 0 Å². The lowest BCUT2D eigenvalue weighted by molar-refractivity contribution is -0.166. The smallest absolute Gasteiger partial charge is 0.328 e. The van der Waals surface area contributed by atoms with E-state index in [1.54, 1.807) is 6.92 Å². The molecule has 21 heavy (non-hydrogen) atoms. The third-order valence-electron chi connectivity index (χ3n) is 4.10. The number of hydrogen-bond donors (Lipinski definition) is 1. The summed E-state index contributed by atoms with van der Waals surface area (Å²) in [6.07, 6.45) is -0.352. The normalized spacial score (nSPS) is 32.2. The van der Waals surface area contributed by atoms with E-state index in [0.29, 0.717) is 0 Å². The molecule has 118 valence electrons. The molecule has 0 bridgehead atoms. The number of carboxylic acids is 1. The molecule has 2 fully saturated rings. The van der Waals surface area contributed by atoms with Gasteiger partial charge in [-0.1, -0.05) is 0 Å². The number of carboxylic acid groups (broad SMARTS) is 1. The average Bonchev–Trinajstić information content (AvgIpc) is 2.49. The third kappa shape index (κ3) is 1.94. The second-order valence-electron chi connectivity index (χ2n) is 5.64. The molecule has 0 aromatic heterocycles. The van der Waals surface area contributed by atoms with Crippen LogP contribution in [-0.4, -0.2) is 59.0 Å². The average molecular weight is 319 g/mol.